The lowest BCUT2D eigenvalue weighted by Crippen LogP contribution is -2.49. The SMILES string of the molecule is CCNC(=NCC(C)(C)N1CCCCC1)NCCCC(=O)N1Cc2ccccc2C1. The molecule has 1 aromatic carbocycles. The van der Waals surface area contributed by atoms with Crippen LogP contribution in [0.15, 0.2) is 29.3 Å². The highest BCUT2D eigenvalue weighted by Gasteiger charge is 2.27. The molecule has 2 aliphatic rings. The number of benzene rings is 1. The van der Waals surface area contributed by atoms with Crippen LogP contribution in [-0.4, -0.2) is 59.9 Å². The summed E-state index contributed by atoms with van der Waals surface area (Å²) in [4.78, 5) is 21.9. The molecule has 0 radical (unpaired) electrons. The van der Waals surface area contributed by atoms with E-state index in [1.54, 1.807) is 0 Å². The van der Waals surface area contributed by atoms with Gasteiger partial charge in [0.2, 0.25) is 5.91 Å². The minimum absolute atomic E-state index is 0.0729. The molecular weight excluding hydrogens is 374 g/mol. The summed E-state index contributed by atoms with van der Waals surface area (Å²) in [6.45, 7) is 12.9. The molecule has 0 spiro atoms. The van der Waals surface area contributed by atoms with Gasteiger partial charge in [0.15, 0.2) is 5.96 Å². The fourth-order valence-corrected chi connectivity index (χ4v) is 4.33. The van der Waals surface area contributed by atoms with Crippen LogP contribution in [0.3, 0.4) is 0 Å². The molecule has 1 aromatic rings. The topological polar surface area (TPSA) is 60.0 Å². The molecule has 2 aliphatic heterocycles. The van der Waals surface area contributed by atoms with Crippen molar-refractivity contribution in [2.24, 2.45) is 4.99 Å². The second kappa shape index (κ2) is 10.8. The van der Waals surface area contributed by atoms with Crippen molar-refractivity contribution >= 4 is 11.9 Å². The first-order chi connectivity index (χ1) is 14.5. The number of aliphatic imine (C=N–C) groups is 1. The Labute approximate surface area is 182 Å². The number of hydrogen-bond donors (Lipinski definition) is 2. The molecule has 1 saturated heterocycles. The average molecular weight is 414 g/mol. The van der Waals surface area contributed by atoms with Gasteiger partial charge in [-0.2, -0.15) is 0 Å². The Morgan fingerprint density at radius 2 is 1.73 bits per heavy atom. The third-order valence-electron chi connectivity index (χ3n) is 6.23. The van der Waals surface area contributed by atoms with E-state index in [9.17, 15) is 4.79 Å². The highest BCUT2D eigenvalue weighted by Crippen LogP contribution is 2.23. The minimum atomic E-state index is 0.0729. The number of amides is 1. The van der Waals surface area contributed by atoms with Gasteiger partial charge >= 0.3 is 0 Å². The Hall–Kier alpha value is -2.08. The number of fused-ring (bicyclic) bond motifs is 1. The van der Waals surface area contributed by atoms with Gasteiger partial charge in [-0.05, 0) is 64.3 Å². The van der Waals surface area contributed by atoms with E-state index in [4.69, 9.17) is 4.99 Å². The van der Waals surface area contributed by atoms with Gasteiger partial charge in [0.25, 0.3) is 0 Å². The van der Waals surface area contributed by atoms with Crippen LogP contribution in [0, 0.1) is 0 Å². The van der Waals surface area contributed by atoms with E-state index in [-0.39, 0.29) is 11.4 Å². The quantitative estimate of drug-likeness (QED) is 0.391. The predicted molar refractivity (Wildman–Crippen MR) is 123 cm³/mol. The fraction of sp³-hybridized carbons (Fsp3) is 0.667. The molecule has 2 N–H and O–H groups in total. The van der Waals surface area contributed by atoms with Crippen molar-refractivity contribution in [3.8, 4) is 0 Å². The van der Waals surface area contributed by atoms with Crippen molar-refractivity contribution in [2.75, 3.05) is 32.7 Å². The molecule has 0 saturated carbocycles. The van der Waals surface area contributed by atoms with E-state index >= 15 is 0 Å². The van der Waals surface area contributed by atoms with Gasteiger partial charge in [0.1, 0.15) is 0 Å². The number of nitrogens with zero attached hydrogens (tertiary/aromatic N) is 3. The molecule has 6 heteroatoms. The number of rotatable bonds is 8. The Bertz CT molecular complexity index is 699. The molecule has 30 heavy (non-hydrogen) atoms. The zero-order chi connectivity index (χ0) is 21.4. The van der Waals surface area contributed by atoms with Crippen molar-refractivity contribution in [1.82, 2.24) is 20.4 Å². The lowest BCUT2D eigenvalue weighted by Gasteiger charge is -2.40. The number of carbonyl (C=O) groups excluding carboxylic acids is 1. The number of piperidine rings is 1. The van der Waals surface area contributed by atoms with Gasteiger partial charge < -0.3 is 15.5 Å². The van der Waals surface area contributed by atoms with Crippen LogP contribution in [0.4, 0.5) is 0 Å². The summed E-state index contributed by atoms with van der Waals surface area (Å²) >= 11 is 0. The Kier molecular flexibility index (Phi) is 8.14. The predicted octanol–water partition coefficient (Wildman–Crippen LogP) is 3.13. The fourth-order valence-electron chi connectivity index (χ4n) is 4.33. The van der Waals surface area contributed by atoms with E-state index in [0.29, 0.717) is 6.42 Å². The summed E-state index contributed by atoms with van der Waals surface area (Å²) in [5.74, 6) is 1.09. The smallest absolute Gasteiger partial charge is 0.223 e. The van der Waals surface area contributed by atoms with Crippen LogP contribution in [0.2, 0.25) is 0 Å². The van der Waals surface area contributed by atoms with Crippen molar-refractivity contribution < 1.29 is 4.79 Å². The molecule has 0 aliphatic carbocycles. The molecule has 6 nitrogen and oxygen atoms in total. The first-order valence-corrected chi connectivity index (χ1v) is 11.6. The molecule has 166 valence electrons. The van der Waals surface area contributed by atoms with E-state index in [1.807, 2.05) is 17.0 Å². The van der Waals surface area contributed by atoms with E-state index < -0.39 is 0 Å². The van der Waals surface area contributed by atoms with E-state index in [1.165, 1.54) is 43.5 Å². The van der Waals surface area contributed by atoms with Crippen LogP contribution >= 0.6 is 0 Å². The third kappa shape index (κ3) is 6.21. The summed E-state index contributed by atoms with van der Waals surface area (Å²) in [5.41, 5.74) is 2.63. The highest BCUT2D eigenvalue weighted by molar-refractivity contribution is 5.80. The van der Waals surface area contributed by atoms with Gasteiger partial charge in [-0.25, -0.2) is 0 Å². The zero-order valence-electron chi connectivity index (χ0n) is 19.0. The molecule has 0 atom stereocenters. The number of likely N-dealkylation sites (tertiary alicyclic amines) is 1. The van der Waals surface area contributed by atoms with Gasteiger partial charge in [0.05, 0.1) is 6.54 Å². The highest BCUT2D eigenvalue weighted by atomic mass is 16.2. The van der Waals surface area contributed by atoms with Gasteiger partial charge in [-0.3, -0.25) is 14.7 Å². The van der Waals surface area contributed by atoms with Crippen molar-refractivity contribution in [3.05, 3.63) is 35.4 Å². The monoisotopic (exact) mass is 413 g/mol. The summed E-state index contributed by atoms with van der Waals surface area (Å²) < 4.78 is 0. The van der Waals surface area contributed by atoms with Gasteiger partial charge in [-0.15, -0.1) is 0 Å². The van der Waals surface area contributed by atoms with Crippen molar-refractivity contribution in [2.45, 2.75) is 71.5 Å². The zero-order valence-corrected chi connectivity index (χ0v) is 19.0. The second-order valence-electron chi connectivity index (χ2n) is 9.10. The first kappa shape index (κ1) is 22.6. The van der Waals surface area contributed by atoms with Crippen molar-refractivity contribution in [3.63, 3.8) is 0 Å². The van der Waals surface area contributed by atoms with Crippen LogP contribution in [0.25, 0.3) is 0 Å². The molecule has 0 aromatic heterocycles. The van der Waals surface area contributed by atoms with Crippen LogP contribution in [0.1, 0.15) is 64.0 Å². The van der Waals surface area contributed by atoms with Crippen molar-refractivity contribution in [1.29, 1.82) is 0 Å². The Balaban J connectivity index is 1.41. The third-order valence-corrected chi connectivity index (χ3v) is 6.23. The largest absolute Gasteiger partial charge is 0.357 e. The van der Waals surface area contributed by atoms with Gasteiger partial charge in [-0.1, -0.05) is 30.7 Å². The lowest BCUT2D eigenvalue weighted by atomic mass is 9.99. The maximum Gasteiger partial charge on any atom is 0.223 e. The summed E-state index contributed by atoms with van der Waals surface area (Å²) in [5, 5.41) is 6.75. The average Bonchev–Trinajstić information content (AvgIpc) is 3.20. The Morgan fingerprint density at radius 3 is 2.37 bits per heavy atom. The number of hydrogen-bond acceptors (Lipinski definition) is 3. The molecule has 3 rings (SSSR count). The Morgan fingerprint density at radius 1 is 1.07 bits per heavy atom. The minimum Gasteiger partial charge on any atom is -0.357 e. The summed E-state index contributed by atoms with van der Waals surface area (Å²) in [6, 6.07) is 8.33. The molecule has 0 bridgehead atoms. The number of guanidine groups is 1. The molecular formula is C24H39N5O. The maximum atomic E-state index is 12.6. The number of nitrogens with one attached hydrogen (secondary N) is 2. The van der Waals surface area contributed by atoms with Crippen LogP contribution in [-0.2, 0) is 17.9 Å². The molecule has 2 heterocycles. The normalized spacial score (nSPS) is 17.7. The lowest BCUT2D eigenvalue weighted by molar-refractivity contribution is -0.131. The standard InChI is InChI=1S/C24H39N5O/c1-4-25-23(27-19-24(2,3)29-15-8-5-9-16-29)26-14-10-13-22(30)28-17-20-11-6-7-12-21(20)18-28/h6-7,11-12H,4-5,8-10,13-19H2,1-3H3,(H2,25,26,27). The molecule has 1 amide bonds. The summed E-state index contributed by atoms with van der Waals surface area (Å²) in [6.07, 6.45) is 5.32. The van der Waals surface area contributed by atoms with Crippen LogP contribution < -0.4 is 10.6 Å². The maximum absolute atomic E-state index is 12.6. The number of carbonyl (C=O) groups is 1. The first-order valence-electron chi connectivity index (χ1n) is 11.6. The second-order valence-corrected chi connectivity index (χ2v) is 9.10. The van der Waals surface area contributed by atoms with E-state index in [0.717, 1.165) is 45.1 Å². The summed E-state index contributed by atoms with van der Waals surface area (Å²) in [7, 11) is 0. The molecule has 1 fully saturated rings. The van der Waals surface area contributed by atoms with E-state index in [2.05, 4.69) is 48.4 Å². The molecule has 0 unspecified atom stereocenters. The van der Waals surface area contributed by atoms with Gasteiger partial charge in [0, 0.05) is 38.1 Å². The van der Waals surface area contributed by atoms with Crippen LogP contribution in [0.5, 0.6) is 0 Å².